The van der Waals surface area contributed by atoms with Gasteiger partial charge in [0, 0.05) is 18.2 Å². The summed E-state index contributed by atoms with van der Waals surface area (Å²) in [6.07, 6.45) is 1.84. The van der Waals surface area contributed by atoms with Crippen LogP contribution in [-0.4, -0.2) is 33.2 Å². The standard InChI is InChI=1S/C15H22N2O3S/c1-10(2)9-16-15(18)12-5-6-14-13(8-12)7-11(3)17(14)21(4,19)20/h5-6,8,10-11H,7,9H2,1-4H3,(H,16,18)/t11-/m1/s1. The van der Waals surface area contributed by atoms with Crippen molar-refractivity contribution in [2.75, 3.05) is 17.1 Å². The molecule has 1 atom stereocenters. The predicted molar refractivity (Wildman–Crippen MR) is 84.1 cm³/mol. The Morgan fingerprint density at radius 3 is 2.67 bits per heavy atom. The first-order valence-electron chi connectivity index (χ1n) is 7.10. The zero-order valence-electron chi connectivity index (χ0n) is 12.9. The van der Waals surface area contributed by atoms with Crippen LogP contribution in [-0.2, 0) is 16.4 Å². The zero-order valence-corrected chi connectivity index (χ0v) is 13.7. The first kappa shape index (κ1) is 15.8. The number of carbonyl (C=O) groups is 1. The minimum Gasteiger partial charge on any atom is -0.352 e. The number of benzene rings is 1. The van der Waals surface area contributed by atoms with Gasteiger partial charge >= 0.3 is 0 Å². The highest BCUT2D eigenvalue weighted by molar-refractivity contribution is 7.92. The normalized spacial score (nSPS) is 18.0. The Balaban J connectivity index is 2.26. The topological polar surface area (TPSA) is 66.5 Å². The highest BCUT2D eigenvalue weighted by Gasteiger charge is 2.32. The molecule has 2 rings (SSSR count). The summed E-state index contributed by atoms with van der Waals surface area (Å²) in [5, 5.41) is 2.87. The second-order valence-corrected chi connectivity index (χ2v) is 7.92. The molecule has 0 aliphatic carbocycles. The van der Waals surface area contributed by atoms with Gasteiger partial charge in [0.05, 0.1) is 11.9 Å². The number of hydrogen-bond acceptors (Lipinski definition) is 3. The van der Waals surface area contributed by atoms with Crippen molar-refractivity contribution >= 4 is 21.6 Å². The van der Waals surface area contributed by atoms with Gasteiger partial charge in [-0.1, -0.05) is 13.8 Å². The molecule has 1 aromatic carbocycles. The number of nitrogens with one attached hydrogen (secondary N) is 1. The van der Waals surface area contributed by atoms with Crippen LogP contribution in [0.2, 0.25) is 0 Å². The van der Waals surface area contributed by atoms with Gasteiger partial charge in [0.1, 0.15) is 0 Å². The molecular weight excluding hydrogens is 288 g/mol. The number of rotatable bonds is 4. The van der Waals surface area contributed by atoms with Crippen LogP contribution in [0.15, 0.2) is 18.2 Å². The van der Waals surface area contributed by atoms with E-state index in [1.54, 1.807) is 18.2 Å². The van der Waals surface area contributed by atoms with Crippen molar-refractivity contribution in [2.24, 2.45) is 5.92 Å². The lowest BCUT2D eigenvalue weighted by Crippen LogP contribution is -2.34. The number of nitrogens with zero attached hydrogens (tertiary/aromatic N) is 1. The lowest BCUT2D eigenvalue weighted by atomic mass is 10.1. The van der Waals surface area contributed by atoms with Crippen LogP contribution in [0.5, 0.6) is 0 Å². The molecule has 0 unspecified atom stereocenters. The van der Waals surface area contributed by atoms with Crippen LogP contribution in [0, 0.1) is 5.92 Å². The molecule has 0 radical (unpaired) electrons. The SMILES string of the molecule is CC(C)CNC(=O)c1ccc2c(c1)C[C@@H](C)N2S(C)(=O)=O. The van der Waals surface area contributed by atoms with E-state index in [2.05, 4.69) is 5.32 Å². The number of carbonyl (C=O) groups excluding carboxylic acids is 1. The fraction of sp³-hybridized carbons (Fsp3) is 0.533. The van der Waals surface area contributed by atoms with E-state index in [4.69, 9.17) is 0 Å². The highest BCUT2D eigenvalue weighted by atomic mass is 32.2. The van der Waals surface area contributed by atoms with E-state index < -0.39 is 10.0 Å². The third kappa shape index (κ3) is 3.37. The summed E-state index contributed by atoms with van der Waals surface area (Å²) in [4.78, 5) is 12.1. The highest BCUT2D eigenvalue weighted by Crippen LogP contribution is 2.34. The van der Waals surface area contributed by atoms with Crippen molar-refractivity contribution in [2.45, 2.75) is 33.2 Å². The maximum atomic E-state index is 12.1. The van der Waals surface area contributed by atoms with Gasteiger partial charge in [0.15, 0.2) is 0 Å². The van der Waals surface area contributed by atoms with Gasteiger partial charge in [-0.05, 0) is 43.0 Å². The molecule has 1 aromatic rings. The van der Waals surface area contributed by atoms with Gasteiger partial charge in [-0.2, -0.15) is 0 Å². The summed E-state index contributed by atoms with van der Waals surface area (Å²) in [6.45, 7) is 6.57. The molecule has 0 fully saturated rings. The van der Waals surface area contributed by atoms with Crippen LogP contribution in [0.4, 0.5) is 5.69 Å². The molecule has 0 spiro atoms. The van der Waals surface area contributed by atoms with E-state index in [1.807, 2.05) is 20.8 Å². The van der Waals surface area contributed by atoms with Crippen LogP contribution in [0.25, 0.3) is 0 Å². The maximum absolute atomic E-state index is 12.1. The molecule has 1 aliphatic rings. The molecule has 1 heterocycles. The molecular formula is C15H22N2O3S. The number of anilines is 1. The van der Waals surface area contributed by atoms with Crippen molar-refractivity contribution < 1.29 is 13.2 Å². The van der Waals surface area contributed by atoms with E-state index >= 15 is 0 Å². The fourth-order valence-electron chi connectivity index (χ4n) is 2.65. The Labute approximate surface area is 126 Å². The monoisotopic (exact) mass is 310 g/mol. The van der Waals surface area contributed by atoms with E-state index in [1.165, 1.54) is 10.6 Å². The Hall–Kier alpha value is -1.56. The summed E-state index contributed by atoms with van der Waals surface area (Å²) in [5.41, 5.74) is 2.17. The second-order valence-electron chi connectivity index (χ2n) is 6.06. The summed E-state index contributed by atoms with van der Waals surface area (Å²) in [6, 6.07) is 5.10. The first-order valence-corrected chi connectivity index (χ1v) is 8.95. The molecule has 0 aromatic heterocycles. The summed E-state index contributed by atoms with van der Waals surface area (Å²) < 4.78 is 25.1. The average Bonchev–Trinajstić information content (AvgIpc) is 2.70. The number of fused-ring (bicyclic) bond motifs is 1. The lowest BCUT2D eigenvalue weighted by Gasteiger charge is -2.21. The third-order valence-corrected chi connectivity index (χ3v) is 4.79. The number of hydrogen-bond donors (Lipinski definition) is 1. The molecule has 0 saturated carbocycles. The molecule has 0 bridgehead atoms. The minimum atomic E-state index is -3.29. The fourth-order valence-corrected chi connectivity index (χ4v) is 3.91. The number of amides is 1. The summed E-state index contributed by atoms with van der Waals surface area (Å²) in [7, 11) is -3.29. The zero-order chi connectivity index (χ0) is 15.8. The van der Waals surface area contributed by atoms with Gasteiger partial charge in [-0.15, -0.1) is 0 Å². The van der Waals surface area contributed by atoms with E-state index in [0.717, 1.165) is 5.56 Å². The minimum absolute atomic E-state index is 0.107. The summed E-state index contributed by atoms with van der Waals surface area (Å²) in [5.74, 6) is 0.279. The van der Waals surface area contributed by atoms with Crippen molar-refractivity contribution in [3.8, 4) is 0 Å². The van der Waals surface area contributed by atoms with Crippen molar-refractivity contribution in [1.29, 1.82) is 0 Å². The van der Waals surface area contributed by atoms with Crippen molar-refractivity contribution in [3.63, 3.8) is 0 Å². The molecule has 6 heteroatoms. The second kappa shape index (κ2) is 5.67. The molecule has 1 aliphatic heterocycles. The maximum Gasteiger partial charge on any atom is 0.251 e. The van der Waals surface area contributed by atoms with Crippen LogP contribution >= 0.6 is 0 Å². The molecule has 1 N–H and O–H groups in total. The molecule has 0 saturated heterocycles. The Bertz CT molecular complexity index is 653. The van der Waals surface area contributed by atoms with E-state index in [0.29, 0.717) is 30.1 Å². The Morgan fingerprint density at radius 2 is 2.10 bits per heavy atom. The quantitative estimate of drug-likeness (QED) is 0.922. The van der Waals surface area contributed by atoms with Gasteiger partial charge in [0.2, 0.25) is 10.0 Å². The first-order chi connectivity index (χ1) is 9.70. The van der Waals surface area contributed by atoms with Crippen molar-refractivity contribution in [1.82, 2.24) is 5.32 Å². The molecule has 21 heavy (non-hydrogen) atoms. The molecule has 5 nitrogen and oxygen atoms in total. The van der Waals surface area contributed by atoms with Gasteiger partial charge in [-0.3, -0.25) is 9.10 Å². The van der Waals surface area contributed by atoms with Gasteiger partial charge in [0.25, 0.3) is 5.91 Å². The largest absolute Gasteiger partial charge is 0.352 e. The van der Waals surface area contributed by atoms with E-state index in [-0.39, 0.29) is 11.9 Å². The molecule has 1 amide bonds. The smallest absolute Gasteiger partial charge is 0.251 e. The van der Waals surface area contributed by atoms with Crippen molar-refractivity contribution in [3.05, 3.63) is 29.3 Å². The summed E-state index contributed by atoms with van der Waals surface area (Å²) >= 11 is 0. The lowest BCUT2D eigenvalue weighted by molar-refractivity contribution is 0.0949. The van der Waals surface area contributed by atoms with Gasteiger partial charge in [-0.25, -0.2) is 8.42 Å². The molecule has 116 valence electrons. The Kier molecular flexibility index (Phi) is 4.27. The number of sulfonamides is 1. The van der Waals surface area contributed by atoms with E-state index in [9.17, 15) is 13.2 Å². The van der Waals surface area contributed by atoms with Crippen LogP contribution in [0.3, 0.4) is 0 Å². The van der Waals surface area contributed by atoms with Crippen LogP contribution in [0.1, 0.15) is 36.7 Å². The van der Waals surface area contributed by atoms with Crippen LogP contribution < -0.4 is 9.62 Å². The predicted octanol–water partition coefficient (Wildman–Crippen LogP) is 1.78. The average molecular weight is 310 g/mol. The third-order valence-electron chi connectivity index (χ3n) is 3.52. The Morgan fingerprint density at radius 1 is 1.43 bits per heavy atom. The van der Waals surface area contributed by atoms with Gasteiger partial charge < -0.3 is 5.32 Å².